The van der Waals surface area contributed by atoms with Crippen molar-refractivity contribution >= 4 is 109 Å². The summed E-state index contributed by atoms with van der Waals surface area (Å²) in [5.41, 5.74) is 9.14. The van der Waals surface area contributed by atoms with Crippen LogP contribution in [0.15, 0.2) is 167 Å². The maximum Gasteiger partial charge on any atom is 0.136 e. The second-order valence-electron chi connectivity index (χ2n) is 15.1. The van der Waals surface area contributed by atoms with Gasteiger partial charge in [-0.05, 0) is 82.2 Å². The van der Waals surface area contributed by atoms with Crippen LogP contribution in [-0.2, 0) is 0 Å². The molecule has 0 fully saturated rings. The molecule has 6 nitrogen and oxygen atoms in total. The molecule has 4 aromatic heterocycles. The summed E-state index contributed by atoms with van der Waals surface area (Å²) in [6.07, 6.45) is 0. The number of nitriles is 2. The van der Waals surface area contributed by atoms with Crippen LogP contribution in [0.4, 0.5) is 0 Å². The van der Waals surface area contributed by atoms with E-state index in [1.54, 1.807) is 0 Å². The van der Waals surface area contributed by atoms with Gasteiger partial charge in [-0.15, -0.1) is 0 Å². The Morgan fingerprint density at radius 2 is 0.759 bits per heavy atom. The third-order valence-corrected chi connectivity index (χ3v) is 12.1. The molecule has 9 aromatic carbocycles. The van der Waals surface area contributed by atoms with Crippen molar-refractivity contribution in [2.45, 2.75) is 0 Å². The number of furan rings is 2. The lowest BCUT2D eigenvalue weighted by Gasteiger charge is -2.16. The van der Waals surface area contributed by atoms with Gasteiger partial charge in [-0.3, -0.25) is 0 Å². The van der Waals surface area contributed by atoms with Crippen LogP contribution >= 0.6 is 0 Å². The molecular formula is C52H26N4O2. The van der Waals surface area contributed by atoms with E-state index in [4.69, 9.17) is 8.83 Å². The summed E-state index contributed by atoms with van der Waals surface area (Å²) in [6, 6.07) is 58.9. The lowest BCUT2D eigenvalue weighted by molar-refractivity contribution is 0.669. The predicted octanol–water partition coefficient (Wildman–Crippen LogP) is 13.7. The van der Waals surface area contributed by atoms with Crippen molar-refractivity contribution in [3.63, 3.8) is 0 Å². The number of para-hydroxylation sites is 2. The van der Waals surface area contributed by atoms with Crippen LogP contribution in [0.5, 0.6) is 0 Å². The van der Waals surface area contributed by atoms with Crippen LogP contribution < -0.4 is 0 Å². The molecular weight excluding hydrogens is 713 g/mol. The zero-order valence-electron chi connectivity index (χ0n) is 30.6. The summed E-state index contributed by atoms with van der Waals surface area (Å²) >= 11 is 0. The molecule has 0 bridgehead atoms. The number of aromatic nitrogens is 2. The first-order valence-corrected chi connectivity index (χ1v) is 19.2. The van der Waals surface area contributed by atoms with Crippen molar-refractivity contribution in [1.29, 1.82) is 10.5 Å². The number of nitrogens with zero attached hydrogens (tertiary/aromatic N) is 4. The minimum absolute atomic E-state index is 0.448. The maximum atomic E-state index is 11.1. The molecule has 0 aliphatic heterocycles. The highest BCUT2D eigenvalue weighted by atomic mass is 16.3. The number of hydrogen-bond donors (Lipinski definition) is 0. The third kappa shape index (κ3) is 3.97. The van der Waals surface area contributed by atoms with E-state index in [1.807, 2.05) is 60.7 Å². The zero-order valence-corrected chi connectivity index (χ0v) is 30.6. The fourth-order valence-electron chi connectivity index (χ4n) is 9.65. The topological polar surface area (TPSA) is 83.7 Å². The molecule has 0 amide bonds. The standard InChI is InChI=1S/C52H26N4O2/c53-27-31-22-44(56-42-20-18-30-10-2-4-12-34(30)52(42)40-26-50-38(24-46(40)56)36-14-6-8-16-48(36)58-50)32(28-54)21-43(31)55-41-19-17-29-9-1-3-11-33(29)51(41)39-25-49-37(23-45(39)55)35-13-5-7-15-47(35)57-49/h1-26H. The first-order valence-electron chi connectivity index (χ1n) is 19.2. The van der Waals surface area contributed by atoms with Gasteiger partial charge in [0.2, 0.25) is 0 Å². The molecule has 0 saturated heterocycles. The van der Waals surface area contributed by atoms with E-state index in [2.05, 4.69) is 118 Å². The Hall–Kier alpha value is -8.32. The summed E-state index contributed by atoms with van der Waals surface area (Å²) in [4.78, 5) is 0. The van der Waals surface area contributed by atoms with Crippen LogP contribution in [0.2, 0.25) is 0 Å². The first kappa shape index (κ1) is 30.9. The second-order valence-corrected chi connectivity index (χ2v) is 15.1. The summed E-state index contributed by atoms with van der Waals surface area (Å²) < 4.78 is 17.1. The molecule has 58 heavy (non-hydrogen) atoms. The highest BCUT2D eigenvalue weighted by Gasteiger charge is 2.24. The van der Waals surface area contributed by atoms with Crippen molar-refractivity contribution in [2.24, 2.45) is 0 Å². The highest BCUT2D eigenvalue weighted by molar-refractivity contribution is 6.26. The molecule has 0 radical (unpaired) electrons. The van der Waals surface area contributed by atoms with Gasteiger partial charge in [-0.2, -0.15) is 10.5 Å². The van der Waals surface area contributed by atoms with E-state index >= 15 is 0 Å². The number of benzene rings is 9. The lowest BCUT2D eigenvalue weighted by Crippen LogP contribution is -2.04. The average Bonchev–Trinajstić information content (AvgIpc) is 4.01. The van der Waals surface area contributed by atoms with Gasteiger partial charge in [0.1, 0.15) is 34.5 Å². The molecule has 0 unspecified atom stereocenters. The van der Waals surface area contributed by atoms with E-state index in [0.717, 1.165) is 109 Å². The number of fused-ring (bicyclic) bond motifs is 16. The fraction of sp³-hybridized carbons (Fsp3) is 0. The third-order valence-electron chi connectivity index (χ3n) is 12.1. The van der Waals surface area contributed by atoms with E-state index in [1.165, 1.54) is 0 Å². The smallest absolute Gasteiger partial charge is 0.136 e. The van der Waals surface area contributed by atoms with E-state index < -0.39 is 0 Å². The van der Waals surface area contributed by atoms with E-state index in [0.29, 0.717) is 22.5 Å². The largest absolute Gasteiger partial charge is 0.456 e. The monoisotopic (exact) mass is 738 g/mol. The molecule has 0 aliphatic rings. The molecule has 0 N–H and O–H groups in total. The Balaban J connectivity index is 1.16. The van der Waals surface area contributed by atoms with Gasteiger partial charge < -0.3 is 18.0 Å². The van der Waals surface area contributed by atoms with Crippen molar-refractivity contribution in [3.05, 3.63) is 169 Å². The van der Waals surface area contributed by atoms with Gasteiger partial charge in [-0.1, -0.05) is 97.1 Å². The van der Waals surface area contributed by atoms with Gasteiger partial charge in [0.05, 0.1) is 44.6 Å². The highest BCUT2D eigenvalue weighted by Crippen LogP contribution is 2.44. The molecule has 13 rings (SSSR count). The fourth-order valence-corrected chi connectivity index (χ4v) is 9.65. The van der Waals surface area contributed by atoms with Crippen molar-refractivity contribution < 1.29 is 8.83 Å². The summed E-state index contributed by atoms with van der Waals surface area (Å²) in [5.74, 6) is 0. The van der Waals surface area contributed by atoms with Gasteiger partial charge in [0.25, 0.3) is 0 Å². The Bertz CT molecular complexity index is 3800. The van der Waals surface area contributed by atoms with Crippen LogP contribution in [0, 0.1) is 22.7 Å². The first-order chi connectivity index (χ1) is 28.7. The molecule has 6 heteroatoms. The van der Waals surface area contributed by atoms with E-state index in [-0.39, 0.29) is 0 Å². The Kier molecular flexibility index (Phi) is 5.94. The molecule has 0 atom stereocenters. The summed E-state index contributed by atoms with van der Waals surface area (Å²) in [6.45, 7) is 0. The van der Waals surface area contributed by atoms with Crippen molar-refractivity contribution in [3.8, 4) is 23.5 Å². The Labute approximate surface area is 328 Å². The number of hydrogen-bond acceptors (Lipinski definition) is 4. The summed E-state index contributed by atoms with van der Waals surface area (Å²) in [7, 11) is 0. The molecule has 0 aliphatic carbocycles. The SMILES string of the molecule is N#Cc1cc(-n2c3cc4c(cc3c3c5ccccc5ccc32)oc2ccccc24)c(C#N)cc1-n1c2cc3c(cc2c2c4ccccc4ccc21)oc1ccccc13. The minimum atomic E-state index is 0.448. The zero-order chi connectivity index (χ0) is 38.2. The molecule has 266 valence electrons. The maximum absolute atomic E-state index is 11.1. The predicted molar refractivity (Wildman–Crippen MR) is 234 cm³/mol. The Morgan fingerprint density at radius 3 is 1.21 bits per heavy atom. The molecule has 13 aromatic rings. The van der Waals surface area contributed by atoms with Gasteiger partial charge in [0.15, 0.2) is 0 Å². The normalized spacial score (nSPS) is 12.1. The van der Waals surface area contributed by atoms with Gasteiger partial charge >= 0.3 is 0 Å². The average molecular weight is 739 g/mol. The Morgan fingerprint density at radius 1 is 0.345 bits per heavy atom. The number of rotatable bonds is 2. The van der Waals surface area contributed by atoms with Crippen molar-refractivity contribution in [1.82, 2.24) is 9.13 Å². The minimum Gasteiger partial charge on any atom is -0.456 e. The molecule has 0 saturated carbocycles. The van der Waals surface area contributed by atoms with Gasteiger partial charge in [0, 0.05) is 43.1 Å². The second kappa shape index (κ2) is 11.1. The van der Waals surface area contributed by atoms with Crippen LogP contribution in [0.25, 0.3) is 120 Å². The quantitative estimate of drug-likeness (QED) is 0.177. The van der Waals surface area contributed by atoms with Crippen LogP contribution in [0.3, 0.4) is 0 Å². The van der Waals surface area contributed by atoms with Crippen molar-refractivity contribution in [2.75, 3.05) is 0 Å². The molecule has 0 spiro atoms. The van der Waals surface area contributed by atoms with Crippen LogP contribution in [0.1, 0.15) is 11.1 Å². The molecule has 4 heterocycles. The summed E-state index contributed by atoms with van der Waals surface area (Å²) in [5, 5.41) is 34.8. The van der Waals surface area contributed by atoms with Crippen LogP contribution in [-0.4, -0.2) is 9.13 Å². The van der Waals surface area contributed by atoms with E-state index in [9.17, 15) is 10.5 Å². The van der Waals surface area contributed by atoms with Gasteiger partial charge in [-0.25, -0.2) is 0 Å². The lowest BCUT2D eigenvalue weighted by atomic mass is 10.0.